The van der Waals surface area contributed by atoms with E-state index in [9.17, 15) is 13.7 Å². The Hall–Kier alpha value is -3.46. The molecule has 0 aliphatic rings. The Morgan fingerprint density at radius 2 is 1.77 bits per heavy atom. The van der Waals surface area contributed by atoms with Crippen molar-refractivity contribution in [1.29, 1.82) is 5.26 Å². The molecule has 2 N–H and O–H groups in total. The SMILES string of the molecule is CCS(=O)(=O)O.CCn1c(C#Cc2ccc(NC)cc2)c(C#N)c2ccc(OC)cc21. The minimum Gasteiger partial charge on any atom is -0.497 e. The summed E-state index contributed by atoms with van der Waals surface area (Å²) in [6, 6.07) is 15.9. The molecule has 0 aliphatic carbocycles. The summed E-state index contributed by atoms with van der Waals surface area (Å²) in [6.45, 7) is 4.15. The van der Waals surface area contributed by atoms with Crippen molar-refractivity contribution in [3.05, 3.63) is 59.3 Å². The average Bonchev–Trinajstić information content (AvgIpc) is 3.09. The molecule has 0 fully saturated rings. The largest absolute Gasteiger partial charge is 0.497 e. The lowest BCUT2D eigenvalue weighted by Crippen LogP contribution is -1.98. The normalized spacial score (nSPS) is 10.3. The van der Waals surface area contributed by atoms with Crippen LogP contribution in [0.2, 0.25) is 0 Å². The molecule has 3 rings (SSSR count). The smallest absolute Gasteiger partial charge is 0.264 e. The molecule has 1 heterocycles. The summed E-state index contributed by atoms with van der Waals surface area (Å²) in [4.78, 5) is 0. The van der Waals surface area contributed by atoms with Crippen molar-refractivity contribution in [3.8, 4) is 23.7 Å². The Kier molecular flexibility index (Phi) is 8.09. The van der Waals surface area contributed by atoms with Crippen LogP contribution in [0.15, 0.2) is 42.5 Å². The van der Waals surface area contributed by atoms with E-state index in [-0.39, 0.29) is 5.75 Å². The van der Waals surface area contributed by atoms with Gasteiger partial charge in [-0.15, -0.1) is 0 Å². The highest BCUT2D eigenvalue weighted by Crippen LogP contribution is 2.28. The van der Waals surface area contributed by atoms with E-state index < -0.39 is 10.1 Å². The van der Waals surface area contributed by atoms with Crippen LogP contribution in [0.25, 0.3) is 10.9 Å². The number of nitriles is 1. The third-order valence-corrected chi connectivity index (χ3v) is 5.29. The maximum atomic E-state index is 9.65. The molecule has 2 aromatic carbocycles. The fraction of sp³-hybridized carbons (Fsp3) is 0.261. The lowest BCUT2D eigenvalue weighted by molar-refractivity contribution is 0.415. The van der Waals surface area contributed by atoms with E-state index in [2.05, 4.69) is 27.8 Å². The van der Waals surface area contributed by atoms with Crippen LogP contribution in [0.5, 0.6) is 5.75 Å². The molecule has 0 unspecified atom stereocenters. The number of benzene rings is 2. The number of anilines is 1. The molecule has 31 heavy (non-hydrogen) atoms. The molecule has 7 nitrogen and oxygen atoms in total. The number of hydrogen-bond acceptors (Lipinski definition) is 5. The van der Waals surface area contributed by atoms with Crippen molar-refractivity contribution in [2.24, 2.45) is 0 Å². The van der Waals surface area contributed by atoms with E-state index in [4.69, 9.17) is 9.29 Å². The summed E-state index contributed by atoms with van der Waals surface area (Å²) in [5.74, 6) is 6.93. The van der Waals surface area contributed by atoms with Crippen LogP contribution in [0, 0.1) is 23.2 Å². The topological polar surface area (TPSA) is 104 Å². The Bertz CT molecular complexity index is 1260. The first-order chi connectivity index (χ1) is 14.8. The number of nitrogens with one attached hydrogen (secondary N) is 1. The van der Waals surface area contributed by atoms with Crippen molar-refractivity contribution < 1.29 is 17.7 Å². The van der Waals surface area contributed by atoms with E-state index in [0.29, 0.717) is 5.56 Å². The Morgan fingerprint density at radius 1 is 1.13 bits per heavy atom. The second-order valence-corrected chi connectivity index (χ2v) is 8.15. The predicted molar refractivity (Wildman–Crippen MR) is 123 cm³/mol. The van der Waals surface area contributed by atoms with Crippen LogP contribution in [0.4, 0.5) is 5.69 Å². The van der Waals surface area contributed by atoms with Gasteiger partial charge in [-0.1, -0.05) is 5.92 Å². The van der Waals surface area contributed by atoms with Gasteiger partial charge in [0.15, 0.2) is 0 Å². The number of methoxy groups -OCH3 is 1. The zero-order valence-electron chi connectivity index (χ0n) is 17.9. The number of nitrogens with zero attached hydrogens (tertiary/aromatic N) is 2. The highest BCUT2D eigenvalue weighted by atomic mass is 32.2. The lowest BCUT2D eigenvalue weighted by atomic mass is 10.1. The van der Waals surface area contributed by atoms with Gasteiger partial charge in [0.05, 0.1) is 23.9 Å². The third kappa shape index (κ3) is 6.02. The van der Waals surface area contributed by atoms with Gasteiger partial charge in [0.25, 0.3) is 10.1 Å². The Balaban J connectivity index is 0.000000501. The third-order valence-electron chi connectivity index (χ3n) is 4.56. The molecule has 8 heteroatoms. The van der Waals surface area contributed by atoms with Crippen molar-refractivity contribution in [2.45, 2.75) is 20.4 Å². The van der Waals surface area contributed by atoms with Gasteiger partial charge in [-0.3, -0.25) is 4.55 Å². The molecular weight excluding hydrogens is 414 g/mol. The number of aromatic nitrogens is 1. The first-order valence-electron chi connectivity index (χ1n) is 9.63. The molecule has 0 atom stereocenters. The molecule has 0 bridgehead atoms. The van der Waals surface area contributed by atoms with Gasteiger partial charge in [0.1, 0.15) is 17.5 Å². The highest BCUT2D eigenvalue weighted by Gasteiger charge is 2.15. The number of aryl methyl sites for hydroxylation is 1. The van der Waals surface area contributed by atoms with Crippen molar-refractivity contribution >= 4 is 26.7 Å². The molecular formula is C23H25N3O4S. The molecule has 162 valence electrons. The summed E-state index contributed by atoms with van der Waals surface area (Å²) in [5.41, 5.74) is 4.27. The zero-order valence-corrected chi connectivity index (χ0v) is 18.7. The van der Waals surface area contributed by atoms with Gasteiger partial charge >= 0.3 is 0 Å². The minimum absolute atomic E-state index is 0.201. The molecule has 3 aromatic rings. The van der Waals surface area contributed by atoms with Crippen molar-refractivity contribution in [3.63, 3.8) is 0 Å². The van der Waals surface area contributed by atoms with Crippen molar-refractivity contribution in [2.75, 3.05) is 25.2 Å². The van der Waals surface area contributed by atoms with E-state index in [0.717, 1.165) is 40.1 Å². The van der Waals surface area contributed by atoms with Crippen LogP contribution in [0.1, 0.15) is 30.7 Å². The van der Waals surface area contributed by atoms with E-state index >= 15 is 0 Å². The first kappa shape index (κ1) is 23.8. The molecule has 0 spiro atoms. The van der Waals surface area contributed by atoms with Crippen LogP contribution in [0.3, 0.4) is 0 Å². The summed E-state index contributed by atoms with van der Waals surface area (Å²) < 4.78 is 34.3. The zero-order chi connectivity index (χ0) is 23.0. The quantitative estimate of drug-likeness (QED) is 0.472. The van der Waals surface area contributed by atoms with Gasteiger partial charge in [0, 0.05) is 36.3 Å². The standard InChI is InChI=1S/C21H19N3O.C2H6O3S/c1-4-24-20(12-7-15-5-8-16(23-2)9-6-15)19(14-22)18-11-10-17(25-3)13-21(18)24;1-2-6(3,4)5/h5-6,8-11,13,23H,4H2,1-3H3;2H2,1H3,(H,3,4,5). The van der Waals surface area contributed by atoms with Gasteiger partial charge in [0.2, 0.25) is 0 Å². The summed E-state index contributed by atoms with van der Waals surface area (Å²) in [7, 11) is -0.139. The minimum atomic E-state index is -3.66. The van der Waals surface area contributed by atoms with Gasteiger partial charge < -0.3 is 14.6 Å². The average molecular weight is 440 g/mol. The number of hydrogen-bond donors (Lipinski definition) is 2. The predicted octanol–water partition coefficient (Wildman–Crippen LogP) is 3.88. The number of ether oxygens (including phenoxy) is 1. The first-order valence-corrected chi connectivity index (χ1v) is 11.2. The maximum Gasteiger partial charge on any atom is 0.264 e. The summed E-state index contributed by atoms with van der Waals surface area (Å²) >= 11 is 0. The second-order valence-electron chi connectivity index (χ2n) is 6.41. The maximum absolute atomic E-state index is 9.65. The summed E-state index contributed by atoms with van der Waals surface area (Å²) in [5, 5.41) is 13.6. The monoisotopic (exact) mass is 439 g/mol. The summed E-state index contributed by atoms with van der Waals surface area (Å²) in [6.07, 6.45) is 0. The fourth-order valence-corrected chi connectivity index (χ4v) is 2.88. The van der Waals surface area contributed by atoms with Crippen LogP contribution in [-0.2, 0) is 16.7 Å². The van der Waals surface area contributed by atoms with Gasteiger partial charge in [-0.2, -0.15) is 13.7 Å². The van der Waals surface area contributed by atoms with Crippen LogP contribution in [-0.4, -0.2) is 37.4 Å². The van der Waals surface area contributed by atoms with Crippen LogP contribution < -0.4 is 10.1 Å². The number of fused-ring (bicyclic) bond motifs is 1. The van der Waals surface area contributed by atoms with E-state index in [1.165, 1.54) is 6.92 Å². The lowest BCUT2D eigenvalue weighted by Gasteiger charge is -2.04. The molecule has 0 amide bonds. The molecule has 0 aliphatic heterocycles. The molecule has 0 saturated carbocycles. The Labute approximate surface area is 183 Å². The highest BCUT2D eigenvalue weighted by molar-refractivity contribution is 7.85. The van der Waals surface area contributed by atoms with Crippen LogP contribution >= 0.6 is 0 Å². The van der Waals surface area contributed by atoms with E-state index in [1.54, 1.807) is 7.11 Å². The number of rotatable bonds is 4. The molecule has 0 saturated heterocycles. The molecule has 1 aromatic heterocycles. The van der Waals surface area contributed by atoms with Crippen molar-refractivity contribution in [1.82, 2.24) is 4.57 Å². The Morgan fingerprint density at radius 3 is 2.26 bits per heavy atom. The van der Waals surface area contributed by atoms with E-state index in [1.807, 2.05) is 56.4 Å². The van der Waals surface area contributed by atoms with Gasteiger partial charge in [-0.05, 0) is 56.2 Å². The van der Waals surface area contributed by atoms with Gasteiger partial charge in [-0.25, -0.2) is 0 Å². The second kappa shape index (κ2) is 10.5. The molecule has 0 radical (unpaired) electrons. The fourth-order valence-electron chi connectivity index (χ4n) is 2.88.